The van der Waals surface area contributed by atoms with Crippen molar-refractivity contribution in [2.45, 2.75) is 37.9 Å². The maximum atomic E-state index is 14.4. The first-order chi connectivity index (χ1) is 11.5. The van der Waals surface area contributed by atoms with Crippen LogP contribution in [0.5, 0.6) is 0 Å². The summed E-state index contributed by atoms with van der Waals surface area (Å²) < 4.78 is 36.4. The summed E-state index contributed by atoms with van der Waals surface area (Å²) in [6.45, 7) is 3.19. The number of nitrogen functional groups attached to an aromatic ring is 2. The van der Waals surface area contributed by atoms with Gasteiger partial charge in [-0.25, -0.2) is 17.9 Å². The highest BCUT2D eigenvalue weighted by Gasteiger charge is 2.30. The van der Waals surface area contributed by atoms with Crippen LogP contribution in [0.2, 0.25) is 0 Å². The van der Waals surface area contributed by atoms with Crippen molar-refractivity contribution in [3.05, 3.63) is 47.8 Å². The molecule has 5 nitrogen and oxygen atoms in total. The second-order valence-electron chi connectivity index (χ2n) is 6.82. The van der Waals surface area contributed by atoms with Gasteiger partial charge in [-0.15, -0.1) is 0 Å². The van der Waals surface area contributed by atoms with Gasteiger partial charge in [0.1, 0.15) is 5.82 Å². The minimum Gasteiger partial charge on any atom is -0.397 e. The fraction of sp³-hybridized carbons (Fsp3) is 0.333. The number of nitrogens with two attached hydrogens (primary N) is 3. The molecule has 0 saturated heterocycles. The van der Waals surface area contributed by atoms with Gasteiger partial charge in [-0.05, 0) is 62.4 Å². The lowest BCUT2D eigenvalue weighted by Gasteiger charge is -2.21. The van der Waals surface area contributed by atoms with E-state index in [1.54, 1.807) is 38.1 Å². The van der Waals surface area contributed by atoms with E-state index < -0.39 is 14.8 Å². The van der Waals surface area contributed by atoms with Gasteiger partial charge in [-0.1, -0.05) is 18.2 Å². The Bertz CT molecular complexity index is 880. The van der Waals surface area contributed by atoms with Gasteiger partial charge < -0.3 is 11.5 Å². The molecule has 0 atom stereocenters. The summed E-state index contributed by atoms with van der Waals surface area (Å²) in [5.74, 6) is -0.354. The van der Waals surface area contributed by atoms with Crippen molar-refractivity contribution in [1.29, 1.82) is 0 Å². The third-order valence-corrected chi connectivity index (χ3v) is 6.19. The molecule has 0 amide bonds. The van der Waals surface area contributed by atoms with Gasteiger partial charge >= 0.3 is 0 Å². The number of halogens is 1. The van der Waals surface area contributed by atoms with Crippen LogP contribution in [0.4, 0.5) is 15.8 Å². The Kier molecular flexibility index (Phi) is 5.39. The van der Waals surface area contributed by atoms with E-state index in [-0.39, 0.29) is 5.82 Å². The number of rotatable bonds is 6. The molecule has 2 aromatic rings. The predicted octanol–water partition coefficient (Wildman–Crippen LogP) is 3.05. The molecular weight excluding hydrogens is 341 g/mol. The zero-order valence-electron chi connectivity index (χ0n) is 14.4. The van der Waals surface area contributed by atoms with E-state index in [9.17, 15) is 12.8 Å². The Hall–Kier alpha value is -2.12. The number of primary sulfonamides is 1. The summed E-state index contributed by atoms with van der Waals surface area (Å²) in [6, 6.07) is 10.00. The second-order valence-corrected chi connectivity index (χ2v) is 9.01. The minimum atomic E-state index is -3.61. The van der Waals surface area contributed by atoms with Gasteiger partial charge in [0.25, 0.3) is 0 Å². The van der Waals surface area contributed by atoms with Crippen LogP contribution in [0.25, 0.3) is 11.1 Å². The topological polar surface area (TPSA) is 112 Å². The Balaban J connectivity index is 2.11. The molecule has 2 rings (SSSR count). The fourth-order valence-electron chi connectivity index (χ4n) is 2.55. The van der Waals surface area contributed by atoms with E-state index >= 15 is 0 Å². The number of hydrogen-bond acceptors (Lipinski definition) is 4. The zero-order chi connectivity index (χ0) is 18.8. The predicted molar refractivity (Wildman–Crippen MR) is 101 cm³/mol. The smallest absolute Gasteiger partial charge is 0.214 e. The summed E-state index contributed by atoms with van der Waals surface area (Å²) in [7, 11) is -3.61. The Morgan fingerprint density at radius 2 is 1.72 bits per heavy atom. The SMILES string of the molecule is CC(C)(CCCc1ccc(-c2ccc(N)c(N)c2)c(F)c1)S(N)(=O)=O. The normalized spacial score (nSPS) is 12.3. The summed E-state index contributed by atoms with van der Waals surface area (Å²) >= 11 is 0. The zero-order valence-corrected chi connectivity index (χ0v) is 15.2. The van der Waals surface area contributed by atoms with Gasteiger partial charge in [-0.3, -0.25) is 0 Å². The van der Waals surface area contributed by atoms with Crippen molar-refractivity contribution < 1.29 is 12.8 Å². The number of anilines is 2. The molecule has 0 fully saturated rings. The van der Waals surface area contributed by atoms with Crippen molar-refractivity contribution in [2.24, 2.45) is 5.14 Å². The molecule has 0 spiro atoms. The molecular formula is C18H24FN3O2S. The monoisotopic (exact) mass is 365 g/mol. The van der Waals surface area contributed by atoms with Crippen LogP contribution in [0.3, 0.4) is 0 Å². The van der Waals surface area contributed by atoms with E-state index in [4.69, 9.17) is 16.6 Å². The third kappa shape index (κ3) is 4.49. The molecule has 136 valence electrons. The summed E-state index contributed by atoms with van der Waals surface area (Å²) in [4.78, 5) is 0. The first-order valence-electron chi connectivity index (χ1n) is 7.97. The maximum absolute atomic E-state index is 14.4. The van der Waals surface area contributed by atoms with Crippen molar-refractivity contribution in [1.82, 2.24) is 0 Å². The molecule has 25 heavy (non-hydrogen) atoms. The first-order valence-corrected chi connectivity index (χ1v) is 9.52. The lowest BCUT2D eigenvalue weighted by molar-refractivity contribution is 0.516. The first kappa shape index (κ1) is 19.2. The van der Waals surface area contributed by atoms with Crippen LogP contribution in [-0.4, -0.2) is 13.2 Å². The standard InChI is InChI=1S/C18H24FN3O2S/c1-18(2,25(22,23)24)9-3-4-12-5-7-14(15(19)10-12)13-6-8-16(20)17(21)11-13/h5-8,10-11H,3-4,9,20-21H2,1-2H3,(H2,22,23,24). The average Bonchev–Trinajstić information content (AvgIpc) is 2.49. The summed E-state index contributed by atoms with van der Waals surface area (Å²) in [5, 5.41) is 5.22. The quantitative estimate of drug-likeness (QED) is 0.683. The van der Waals surface area contributed by atoms with Gasteiger partial charge in [-0.2, -0.15) is 0 Å². The molecule has 0 aliphatic rings. The molecule has 0 saturated carbocycles. The molecule has 0 unspecified atom stereocenters. The largest absolute Gasteiger partial charge is 0.397 e. The van der Waals surface area contributed by atoms with Crippen molar-refractivity contribution >= 4 is 21.4 Å². The Morgan fingerprint density at radius 3 is 2.28 bits per heavy atom. The van der Waals surface area contributed by atoms with Crippen molar-refractivity contribution in [3.8, 4) is 11.1 Å². The highest BCUT2D eigenvalue weighted by Crippen LogP contribution is 2.28. The van der Waals surface area contributed by atoms with Gasteiger partial charge in [0.2, 0.25) is 10.0 Å². The summed E-state index contributed by atoms with van der Waals surface area (Å²) in [6.07, 6.45) is 1.57. The van der Waals surface area contributed by atoms with Crippen molar-refractivity contribution in [3.63, 3.8) is 0 Å². The fourth-order valence-corrected chi connectivity index (χ4v) is 2.98. The maximum Gasteiger partial charge on any atom is 0.214 e. The molecule has 0 heterocycles. The molecule has 6 N–H and O–H groups in total. The van der Waals surface area contributed by atoms with Crippen LogP contribution in [0, 0.1) is 5.82 Å². The molecule has 0 aliphatic heterocycles. The number of sulfonamides is 1. The third-order valence-electron chi connectivity index (χ3n) is 4.45. The average molecular weight is 365 g/mol. The van der Waals surface area contributed by atoms with E-state index in [0.29, 0.717) is 41.8 Å². The number of aryl methyl sites for hydroxylation is 1. The lowest BCUT2D eigenvalue weighted by atomic mass is 9.98. The summed E-state index contributed by atoms with van der Waals surface area (Å²) in [5.41, 5.74) is 14.2. The molecule has 0 aromatic heterocycles. The van der Waals surface area contributed by atoms with E-state index in [2.05, 4.69) is 0 Å². The highest BCUT2D eigenvalue weighted by atomic mass is 32.2. The molecule has 0 radical (unpaired) electrons. The van der Waals surface area contributed by atoms with Crippen LogP contribution in [0.15, 0.2) is 36.4 Å². The van der Waals surface area contributed by atoms with Gasteiger partial charge in [0, 0.05) is 5.56 Å². The Labute approximate surface area is 148 Å². The lowest BCUT2D eigenvalue weighted by Crippen LogP contribution is -2.37. The van der Waals surface area contributed by atoms with Crippen LogP contribution < -0.4 is 16.6 Å². The van der Waals surface area contributed by atoms with Crippen LogP contribution in [-0.2, 0) is 16.4 Å². The van der Waals surface area contributed by atoms with Crippen molar-refractivity contribution in [2.75, 3.05) is 11.5 Å². The molecule has 7 heteroatoms. The number of benzene rings is 2. The molecule has 0 aliphatic carbocycles. The molecule has 0 bridgehead atoms. The van der Waals surface area contributed by atoms with Gasteiger partial charge in [0.05, 0.1) is 16.1 Å². The van der Waals surface area contributed by atoms with Crippen LogP contribution in [0.1, 0.15) is 32.3 Å². The Morgan fingerprint density at radius 1 is 1.04 bits per heavy atom. The number of hydrogen-bond donors (Lipinski definition) is 3. The van der Waals surface area contributed by atoms with E-state index in [1.807, 2.05) is 6.07 Å². The molecule has 2 aromatic carbocycles. The second kappa shape index (κ2) is 7.01. The minimum absolute atomic E-state index is 0.354. The van der Waals surface area contributed by atoms with E-state index in [1.165, 1.54) is 6.07 Å². The van der Waals surface area contributed by atoms with Gasteiger partial charge in [0.15, 0.2) is 0 Å². The van der Waals surface area contributed by atoms with E-state index in [0.717, 1.165) is 5.56 Å². The van der Waals surface area contributed by atoms with Crippen LogP contribution >= 0.6 is 0 Å². The highest BCUT2D eigenvalue weighted by molar-refractivity contribution is 7.90.